The Labute approximate surface area is 85.6 Å². The topological polar surface area (TPSA) is 83.5 Å². The van der Waals surface area contributed by atoms with Crippen molar-refractivity contribution < 1.29 is 22.7 Å². The molecule has 0 heterocycles. The number of hydrogen-bond donors (Lipinski definition) is 2. The van der Waals surface area contributed by atoms with Gasteiger partial charge in [-0.05, 0) is 18.2 Å². The molecular weight excluding hydrogens is 225 g/mol. The van der Waals surface area contributed by atoms with E-state index >= 15 is 0 Å². The molecule has 15 heavy (non-hydrogen) atoms. The van der Waals surface area contributed by atoms with Gasteiger partial charge in [0.05, 0.1) is 17.5 Å². The first-order valence-electron chi connectivity index (χ1n) is 3.80. The molecule has 0 amide bonds. The van der Waals surface area contributed by atoms with Crippen molar-refractivity contribution >= 4 is 21.7 Å². The van der Waals surface area contributed by atoms with Crippen LogP contribution in [0.1, 0.15) is 10.4 Å². The molecule has 0 unspecified atom stereocenters. The predicted octanol–water partition coefficient (Wildman–Crippen LogP) is 0.895. The normalized spacial score (nSPS) is 11.1. The molecule has 0 radical (unpaired) electrons. The van der Waals surface area contributed by atoms with Crippen LogP contribution >= 0.6 is 0 Å². The number of anilines is 1. The first-order chi connectivity index (χ1) is 6.79. The molecular formula is C8H8FNO4S. The number of aromatic carboxylic acids is 1. The molecule has 82 valence electrons. The van der Waals surface area contributed by atoms with Crippen molar-refractivity contribution in [2.75, 3.05) is 11.0 Å². The molecule has 0 aliphatic rings. The van der Waals surface area contributed by atoms with Crippen LogP contribution in [0.25, 0.3) is 0 Å². The van der Waals surface area contributed by atoms with Crippen LogP contribution in [0, 0.1) is 5.82 Å². The van der Waals surface area contributed by atoms with E-state index in [-0.39, 0.29) is 11.3 Å². The van der Waals surface area contributed by atoms with E-state index in [2.05, 4.69) is 0 Å². The van der Waals surface area contributed by atoms with E-state index in [0.29, 0.717) is 0 Å². The fraction of sp³-hybridized carbons (Fsp3) is 0.125. The van der Waals surface area contributed by atoms with Crippen molar-refractivity contribution in [3.05, 3.63) is 29.6 Å². The van der Waals surface area contributed by atoms with Crippen LogP contribution in [0.2, 0.25) is 0 Å². The van der Waals surface area contributed by atoms with Crippen molar-refractivity contribution in [2.24, 2.45) is 0 Å². The number of nitrogens with one attached hydrogen (secondary N) is 1. The Hall–Kier alpha value is -1.63. The lowest BCUT2D eigenvalue weighted by atomic mass is 10.2. The van der Waals surface area contributed by atoms with Gasteiger partial charge in [-0.15, -0.1) is 0 Å². The lowest BCUT2D eigenvalue weighted by Crippen LogP contribution is -2.11. The van der Waals surface area contributed by atoms with Crippen molar-refractivity contribution in [3.63, 3.8) is 0 Å². The molecule has 0 aromatic heterocycles. The Kier molecular flexibility index (Phi) is 2.94. The minimum atomic E-state index is -3.63. The maximum atomic E-state index is 13.0. The van der Waals surface area contributed by atoms with E-state index in [4.69, 9.17) is 5.11 Å². The lowest BCUT2D eigenvalue weighted by Gasteiger charge is -2.05. The molecule has 2 N–H and O–H groups in total. The summed E-state index contributed by atoms with van der Waals surface area (Å²) in [6.07, 6.45) is 0.847. The summed E-state index contributed by atoms with van der Waals surface area (Å²) in [7, 11) is -3.63. The van der Waals surface area contributed by atoms with Crippen molar-refractivity contribution in [3.8, 4) is 0 Å². The van der Waals surface area contributed by atoms with E-state index in [1.54, 1.807) is 0 Å². The monoisotopic (exact) mass is 233 g/mol. The largest absolute Gasteiger partial charge is 0.478 e. The van der Waals surface area contributed by atoms with Crippen molar-refractivity contribution in [2.45, 2.75) is 0 Å². The third-order valence-electron chi connectivity index (χ3n) is 1.51. The number of carboxylic acids is 1. The Morgan fingerprint density at radius 3 is 2.53 bits per heavy atom. The third kappa shape index (κ3) is 3.21. The number of carboxylic acid groups (broad SMARTS) is 1. The minimum absolute atomic E-state index is 0.192. The van der Waals surface area contributed by atoms with Gasteiger partial charge >= 0.3 is 5.97 Å². The van der Waals surface area contributed by atoms with Crippen LogP contribution in [0.5, 0.6) is 0 Å². The second kappa shape index (κ2) is 3.85. The summed E-state index contributed by atoms with van der Waals surface area (Å²) in [6.45, 7) is 0. The van der Waals surface area contributed by atoms with Gasteiger partial charge in [-0.2, -0.15) is 0 Å². The number of carbonyl (C=O) groups is 1. The van der Waals surface area contributed by atoms with E-state index in [0.717, 1.165) is 24.5 Å². The molecule has 0 aliphatic heterocycles. The highest BCUT2D eigenvalue weighted by Crippen LogP contribution is 2.17. The van der Waals surface area contributed by atoms with E-state index in [1.807, 2.05) is 4.72 Å². The zero-order valence-corrected chi connectivity index (χ0v) is 8.51. The first-order valence-corrected chi connectivity index (χ1v) is 5.69. The van der Waals surface area contributed by atoms with E-state index in [1.165, 1.54) is 0 Å². The number of halogens is 1. The predicted molar refractivity (Wildman–Crippen MR) is 51.8 cm³/mol. The van der Waals surface area contributed by atoms with Crippen LogP contribution in [0.4, 0.5) is 10.1 Å². The second-order valence-electron chi connectivity index (χ2n) is 2.87. The molecule has 0 atom stereocenters. The zero-order valence-electron chi connectivity index (χ0n) is 7.69. The Balaban J connectivity index is 3.17. The maximum absolute atomic E-state index is 13.0. The number of hydrogen-bond acceptors (Lipinski definition) is 3. The van der Waals surface area contributed by atoms with E-state index < -0.39 is 21.8 Å². The van der Waals surface area contributed by atoms with Crippen molar-refractivity contribution in [1.29, 1.82) is 0 Å². The summed E-state index contributed by atoms with van der Waals surface area (Å²) in [5.74, 6) is -2.09. The summed E-state index contributed by atoms with van der Waals surface area (Å²) in [4.78, 5) is 10.5. The summed E-state index contributed by atoms with van der Waals surface area (Å²) in [6, 6.07) is 2.85. The van der Waals surface area contributed by atoms with Gasteiger partial charge < -0.3 is 5.11 Å². The molecule has 1 aromatic rings. The standard InChI is InChI=1S/C8H8FNO4S/c1-15(13,14)10-7-4-5(8(11)12)2-3-6(7)9/h2-4,10H,1H3,(H,11,12). The Morgan fingerprint density at radius 1 is 1.47 bits per heavy atom. The van der Waals surface area contributed by atoms with Gasteiger partial charge in [0.1, 0.15) is 5.82 Å². The van der Waals surface area contributed by atoms with Gasteiger partial charge in [-0.3, -0.25) is 4.72 Å². The first kappa shape index (κ1) is 11.4. The molecule has 0 saturated heterocycles. The van der Waals surface area contributed by atoms with Crippen molar-refractivity contribution in [1.82, 2.24) is 0 Å². The van der Waals surface area contributed by atoms with Gasteiger partial charge in [-0.1, -0.05) is 0 Å². The van der Waals surface area contributed by atoms with Gasteiger partial charge in [-0.25, -0.2) is 17.6 Å². The molecule has 0 saturated carbocycles. The summed E-state index contributed by atoms with van der Waals surface area (Å²) in [5.41, 5.74) is -0.569. The van der Waals surface area contributed by atoms with Crippen LogP contribution in [0.15, 0.2) is 18.2 Å². The third-order valence-corrected chi connectivity index (χ3v) is 2.10. The Morgan fingerprint density at radius 2 is 2.07 bits per heavy atom. The molecule has 1 rings (SSSR count). The highest BCUT2D eigenvalue weighted by molar-refractivity contribution is 7.92. The average molecular weight is 233 g/mol. The summed E-state index contributed by atoms with van der Waals surface area (Å²) >= 11 is 0. The van der Waals surface area contributed by atoms with Crippen LogP contribution in [-0.2, 0) is 10.0 Å². The van der Waals surface area contributed by atoms with E-state index in [9.17, 15) is 17.6 Å². The number of benzene rings is 1. The van der Waals surface area contributed by atoms with Gasteiger partial charge in [0.25, 0.3) is 0 Å². The molecule has 0 fully saturated rings. The number of sulfonamides is 1. The fourth-order valence-electron chi connectivity index (χ4n) is 0.936. The van der Waals surface area contributed by atoms with Crippen LogP contribution < -0.4 is 4.72 Å². The van der Waals surface area contributed by atoms with Crippen LogP contribution in [0.3, 0.4) is 0 Å². The van der Waals surface area contributed by atoms with Crippen LogP contribution in [-0.4, -0.2) is 25.7 Å². The summed E-state index contributed by atoms with van der Waals surface area (Å²) < 4.78 is 36.5. The molecule has 7 heteroatoms. The quantitative estimate of drug-likeness (QED) is 0.812. The Bertz CT molecular complexity index is 497. The molecule has 1 aromatic carbocycles. The number of rotatable bonds is 3. The molecule has 0 spiro atoms. The average Bonchev–Trinajstić information content (AvgIpc) is 2.06. The van der Waals surface area contributed by atoms with Gasteiger partial charge in [0.2, 0.25) is 10.0 Å². The fourth-order valence-corrected chi connectivity index (χ4v) is 1.49. The smallest absolute Gasteiger partial charge is 0.335 e. The van der Waals surface area contributed by atoms with Gasteiger partial charge in [0, 0.05) is 0 Å². The SMILES string of the molecule is CS(=O)(=O)Nc1cc(C(=O)O)ccc1F. The molecule has 0 aliphatic carbocycles. The highest BCUT2D eigenvalue weighted by atomic mass is 32.2. The summed E-state index contributed by atoms with van der Waals surface area (Å²) in [5, 5.41) is 8.60. The van der Waals surface area contributed by atoms with Gasteiger partial charge in [0.15, 0.2) is 0 Å². The molecule has 0 bridgehead atoms. The zero-order chi connectivity index (χ0) is 11.6. The molecule has 5 nitrogen and oxygen atoms in total. The highest BCUT2D eigenvalue weighted by Gasteiger charge is 2.11. The maximum Gasteiger partial charge on any atom is 0.335 e. The second-order valence-corrected chi connectivity index (χ2v) is 4.62. The minimum Gasteiger partial charge on any atom is -0.478 e. The lowest BCUT2D eigenvalue weighted by molar-refractivity contribution is 0.0697.